The number of aryl methyl sites for hydroxylation is 1. The minimum atomic E-state index is -4.58. The van der Waals surface area contributed by atoms with E-state index in [-0.39, 0.29) is 40.2 Å². The molecule has 4 nitrogen and oxygen atoms in total. The van der Waals surface area contributed by atoms with Crippen molar-refractivity contribution in [1.29, 1.82) is 0 Å². The van der Waals surface area contributed by atoms with Gasteiger partial charge in [0.05, 0.1) is 4.90 Å². The van der Waals surface area contributed by atoms with Crippen molar-refractivity contribution in [3.05, 3.63) is 54.1 Å². The van der Waals surface area contributed by atoms with E-state index in [0.717, 1.165) is 18.4 Å². The Kier molecular flexibility index (Phi) is 12.0. The van der Waals surface area contributed by atoms with E-state index in [1.807, 2.05) is 24.3 Å². The largest absolute Gasteiger partial charge is 1.00 e. The molecule has 0 amide bonds. The number of para-hydroxylation sites is 2. The zero-order valence-corrected chi connectivity index (χ0v) is 19.8. The van der Waals surface area contributed by atoms with E-state index < -0.39 is 10.1 Å². The van der Waals surface area contributed by atoms with Crippen LogP contribution in [0, 0.1) is 0 Å². The monoisotopic (exact) mass is 412 g/mol. The van der Waals surface area contributed by atoms with E-state index in [2.05, 4.69) is 6.92 Å². The third-order valence-corrected chi connectivity index (χ3v) is 5.49. The molecule has 0 unspecified atom stereocenters. The second-order valence-electron chi connectivity index (χ2n) is 6.84. The number of hydrogen-bond acceptors (Lipinski definition) is 4. The zero-order chi connectivity index (χ0) is 19.5. The summed E-state index contributed by atoms with van der Waals surface area (Å²) in [4.78, 5) is -0.327. The Morgan fingerprint density at radius 1 is 0.786 bits per heavy atom. The van der Waals surface area contributed by atoms with Crippen LogP contribution in [0.4, 0.5) is 0 Å². The number of rotatable bonds is 12. The predicted molar refractivity (Wildman–Crippen MR) is 107 cm³/mol. The van der Waals surface area contributed by atoms with Crippen molar-refractivity contribution < 1.29 is 47.3 Å². The van der Waals surface area contributed by atoms with Gasteiger partial charge < -0.3 is 9.29 Å². The summed E-state index contributed by atoms with van der Waals surface area (Å²) in [6.07, 6.45) is 10.9. The maximum atomic E-state index is 11.4. The number of unbranched alkanes of at least 4 members (excludes halogenated alkanes) is 7. The van der Waals surface area contributed by atoms with Crippen LogP contribution in [0.5, 0.6) is 11.5 Å². The average Bonchev–Trinajstić information content (AvgIpc) is 2.65. The van der Waals surface area contributed by atoms with Gasteiger partial charge in [-0.3, -0.25) is 0 Å². The molecular formula is C22H29NaO4S. The van der Waals surface area contributed by atoms with Crippen molar-refractivity contribution >= 4 is 10.1 Å². The molecule has 2 aromatic rings. The molecule has 2 rings (SSSR count). The first-order valence-corrected chi connectivity index (χ1v) is 11.2. The quantitative estimate of drug-likeness (QED) is 0.305. The van der Waals surface area contributed by atoms with E-state index in [1.54, 1.807) is 6.07 Å². The second-order valence-corrected chi connectivity index (χ2v) is 8.18. The second kappa shape index (κ2) is 13.4. The van der Waals surface area contributed by atoms with Gasteiger partial charge in [-0.25, -0.2) is 8.42 Å². The Hall–Kier alpha value is -0.850. The minimum absolute atomic E-state index is 0. The molecule has 0 saturated carbocycles. The summed E-state index contributed by atoms with van der Waals surface area (Å²) in [6, 6.07) is 13.6. The van der Waals surface area contributed by atoms with Gasteiger partial charge in [-0.2, -0.15) is 0 Å². The third kappa shape index (κ3) is 8.66. The molecule has 0 bridgehead atoms. The standard InChI is InChI=1S/C22H30O4S.Na/c1-2-3-4-5-6-7-8-9-14-19-15-10-11-16-20(19)26-21-17-12-13-18-22(21)27(23,24)25;/h10-13,15-18H,2-9,14H2,1H3,(H,23,24,25);/q;+1/p-1. The van der Waals surface area contributed by atoms with Crippen LogP contribution in [0.1, 0.15) is 63.9 Å². The first kappa shape index (κ1) is 25.2. The summed E-state index contributed by atoms with van der Waals surface area (Å²) >= 11 is 0. The van der Waals surface area contributed by atoms with Gasteiger partial charge in [0.15, 0.2) is 0 Å². The van der Waals surface area contributed by atoms with Gasteiger partial charge in [0.25, 0.3) is 0 Å². The normalized spacial score (nSPS) is 11.1. The summed E-state index contributed by atoms with van der Waals surface area (Å²) in [5.41, 5.74) is 1.03. The van der Waals surface area contributed by atoms with Crippen LogP contribution >= 0.6 is 0 Å². The fourth-order valence-electron chi connectivity index (χ4n) is 3.12. The van der Waals surface area contributed by atoms with Gasteiger partial charge in [0, 0.05) is 0 Å². The fourth-order valence-corrected chi connectivity index (χ4v) is 3.72. The van der Waals surface area contributed by atoms with Gasteiger partial charge >= 0.3 is 29.6 Å². The van der Waals surface area contributed by atoms with Crippen molar-refractivity contribution in [2.45, 2.75) is 69.6 Å². The van der Waals surface area contributed by atoms with E-state index >= 15 is 0 Å². The van der Waals surface area contributed by atoms with Gasteiger partial charge in [-0.05, 0) is 36.6 Å². The molecule has 28 heavy (non-hydrogen) atoms. The SMILES string of the molecule is CCCCCCCCCCc1ccccc1Oc1ccccc1S(=O)(=O)[O-].[Na+]. The van der Waals surface area contributed by atoms with E-state index in [0.29, 0.717) is 5.75 Å². The maximum Gasteiger partial charge on any atom is 1.00 e. The molecule has 0 fully saturated rings. The molecule has 0 heterocycles. The summed E-state index contributed by atoms with van der Waals surface area (Å²) in [6.45, 7) is 2.23. The topological polar surface area (TPSA) is 66.4 Å². The van der Waals surface area contributed by atoms with Crippen molar-refractivity contribution in [3.8, 4) is 11.5 Å². The number of ether oxygens (including phenoxy) is 1. The molecule has 0 N–H and O–H groups in total. The van der Waals surface area contributed by atoms with Gasteiger partial charge in [0.1, 0.15) is 21.6 Å². The molecule has 148 valence electrons. The van der Waals surface area contributed by atoms with E-state index in [9.17, 15) is 13.0 Å². The Morgan fingerprint density at radius 3 is 1.96 bits per heavy atom. The van der Waals surface area contributed by atoms with Crippen LogP contribution in [0.15, 0.2) is 53.4 Å². The van der Waals surface area contributed by atoms with Crippen molar-refractivity contribution in [2.24, 2.45) is 0 Å². The minimum Gasteiger partial charge on any atom is -0.744 e. The number of hydrogen-bond donors (Lipinski definition) is 0. The van der Waals surface area contributed by atoms with Gasteiger partial charge in [-0.15, -0.1) is 0 Å². The molecule has 0 radical (unpaired) electrons. The first-order valence-electron chi connectivity index (χ1n) is 9.83. The fraction of sp³-hybridized carbons (Fsp3) is 0.455. The molecule has 0 atom stereocenters. The van der Waals surface area contributed by atoms with Crippen LogP contribution in [0.2, 0.25) is 0 Å². The summed E-state index contributed by atoms with van der Waals surface area (Å²) in [5.74, 6) is 0.687. The molecular weight excluding hydrogens is 383 g/mol. The maximum absolute atomic E-state index is 11.4. The predicted octanol–water partition coefficient (Wildman–Crippen LogP) is 3.07. The van der Waals surface area contributed by atoms with Crippen molar-refractivity contribution in [1.82, 2.24) is 0 Å². The Labute approximate surface area is 191 Å². The molecule has 6 heteroatoms. The zero-order valence-electron chi connectivity index (χ0n) is 17.0. The van der Waals surface area contributed by atoms with Crippen LogP contribution in [0.25, 0.3) is 0 Å². The summed E-state index contributed by atoms with van der Waals surface area (Å²) in [7, 11) is -4.58. The van der Waals surface area contributed by atoms with Crippen molar-refractivity contribution in [3.63, 3.8) is 0 Å². The molecule has 0 aliphatic rings. The van der Waals surface area contributed by atoms with Crippen LogP contribution < -0.4 is 34.3 Å². The third-order valence-electron chi connectivity index (χ3n) is 4.61. The Balaban J connectivity index is 0.00000392. The van der Waals surface area contributed by atoms with Gasteiger partial charge in [0.2, 0.25) is 0 Å². The smallest absolute Gasteiger partial charge is 0.744 e. The van der Waals surface area contributed by atoms with Gasteiger partial charge in [-0.1, -0.05) is 82.2 Å². The van der Waals surface area contributed by atoms with E-state index in [4.69, 9.17) is 4.74 Å². The Morgan fingerprint density at radius 2 is 1.32 bits per heavy atom. The molecule has 0 saturated heterocycles. The van der Waals surface area contributed by atoms with Crippen LogP contribution in [-0.2, 0) is 16.5 Å². The molecule has 2 aromatic carbocycles. The molecule has 0 aromatic heterocycles. The van der Waals surface area contributed by atoms with Crippen LogP contribution in [-0.4, -0.2) is 13.0 Å². The summed E-state index contributed by atoms with van der Waals surface area (Å²) in [5, 5.41) is 0. The average molecular weight is 413 g/mol. The molecule has 0 aliphatic carbocycles. The number of benzene rings is 2. The Bertz CT molecular complexity index is 806. The molecule has 0 spiro atoms. The van der Waals surface area contributed by atoms with E-state index in [1.165, 1.54) is 63.1 Å². The van der Waals surface area contributed by atoms with Crippen LogP contribution in [0.3, 0.4) is 0 Å². The van der Waals surface area contributed by atoms with Crippen molar-refractivity contribution in [2.75, 3.05) is 0 Å². The summed E-state index contributed by atoms with van der Waals surface area (Å²) < 4.78 is 40.1. The first-order chi connectivity index (χ1) is 13.0. The molecule has 0 aliphatic heterocycles.